The minimum absolute atomic E-state index is 0.121. The predicted molar refractivity (Wildman–Crippen MR) is 73.7 cm³/mol. The first-order chi connectivity index (χ1) is 8.75. The van der Waals surface area contributed by atoms with Crippen LogP contribution in [0.3, 0.4) is 0 Å². The molecular formula is C15H20O4. The molecule has 0 aliphatic rings. The number of aromatic hydroxyl groups is 3. The van der Waals surface area contributed by atoms with E-state index in [0.717, 1.165) is 11.6 Å². The molecule has 0 spiro atoms. The molecule has 104 valence electrons. The molecular weight excluding hydrogens is 244 g/mol. The molecule has 1 aromatic carbocycles. The lowest BCUT2D eigenvalue weighted by Gasteiger charge is -2.14. The zero-order valence-electron chi connectivity index (χ0n) is 11.5. The van der Waals surface area contributed by atoms with Gasteiger partial charge in [-0.3, -0.25) is 4.79 Å². The first kappa shape index (κ1) is 15.1. The molecule has 0 aromatic heterocycles. The molecule has 1 aromatic rings. The van der Waals surface area contributed by atoms with Gasteiger partial charge in [-0.1, -0.05) is 19.4 Å². The van der Waals surface area contributed by atoms with Gasteiger partial charge in [-0.25, -0.2) is 0 Å². The van der Waals surface area contributed by atoms with Crippen LogP contribution < -0.4 is 0 Å². The van der Waals surface area contributed by atoms with Gasteiger partial charge in [0.25, 0.3) is 0 Å². The number of benzene rings is 1. The number of phenolic OH excluding ortho intramolecular Hbond substituents is 3. The van der Waals surface area contributed by atoms with Crippen molar-refractivity contribution < 1.29 is 20.1 Å². The standard InChI is InChI=1S/C15H20O4/c1-8(2)5-6-10-11(16)7-12(17)13(15(10)19)14(18)9(3)4/h7,9,16-17,19H,1,5-6H2,2-4H3. The highest BCUT2D eigenvalue weighted by molar-refractivity contribution is 6.03. The number of hydrogen-bond acceptors (Lipinski definition) is 4. The molecule has 4 nitrogen and oxygen atoms in total. The number of Topliss-reactive ketones (excluding diaryl/α,β-unsaturated/α-hetero) is 1. The molecule has 0 saturated carbocycles. The normalized spacial score (nSPS) is 10.7. The van der Waals surface area contributed by atoms with Crippen LogP contribution in [0, 0.1) is 5.92 Å². The van der Waals surface area contributed by atoms with Crippen molar-refractivity contribution >= 4 is 5.78 Å². The van der Waals surface area contributed by atoms with Gasteiger partial charge in [0.2, 0.25) is 0 Å². The quantitative estimate of drug-likeness (QED) is 0.564. The van der Waals surface area contributed by atoms with Gasteiger partial charge in [0.05, 0.1) is 0 Å². The summed E-state index contributed by atoms with van der Waals surface area (Å²) < 4.78 is 0. The first-order valence-electron chi connectivity index (χ1n) is 6.21. The monoisotopic (exact) mass is 264 g/mol. The molecule has 1 rings (SSSR count). The Morgan fingerprint density at radius 1 is 1.26 bits per heavy atom. The minimum Gasteiger partial charge on any atom is -0.507 e. The van der Waals surface area contributed by atoms with Gasteiger partial charge in [0, 0.05) is 17.5 Å². The molecule has 0 radical (unpaired) electrons. The van der Waals surface area contributed by atoms with E-state index in [1.54, 1.807) is 13.8 Å². The van der Waals surface area contributed by atoms with E-state index in [0.29, 0.717) is 12.8 Å². The van der Waals surface area contributed by atoms with E-state index in [1.807, 2.05) is 6.92 Å². The van der Waals surface area contributed by atoms with E-state index in [1.165, 1.54) is 0 Å². The van der Waals surface area contributed by atoms with Crippen molar-refractivity contribution in [1.29, 1.82) is 0 Å². The second-order valence-electron chi connectivity index (χ2n) is 5.09. The number of allylic oxidation sites excluding steroid dienone is 1. The number of carbonyl (C=O) groups is 1. The van der Waals surface area contributed by atoms with Crippen molar-refractivity contribution in [2.75, 3.05) is 0 Å². The molecule has 0 amide bonds. The van der Waals surface area contributed by atoms with E-state index in [9.17, 15) is 20.1 Å². The number of carbonyl (C=O) groups excluding carboxylic acids is 1. The smallest absolute Gasteiger partial charge is 0.172 e. The Labute approximate surface area is 113 Å². The van der Waals surface area contributed by atoms with Gasteiger partial charge in [0.1, 0.15) is 22.8 Å². The summed E-state index contributed by atoms with van der Waals surface area (Å²) in [6, 6.07) is 1.10. The van der Waals surface area contributed by atoms with Crippen LogP contribution in [0.5, 0.6) is 17.2 Å². The van der Waals surface area contributed by atoms with Crippen LogP contribution in [-0.2, 0) is 6.42 Å². The molecule has 0 heterocycles. The Hall–Kier alpha value is -1.97. The lowest BCUT2D eigenvalue weighted by molar-refractivity contribution is 0.0933. The molecule has 0 atom stereocenters. The van der Waals surface area contributed by atoms with Crippen molar-refractivity contribution in [2.24, 2.45) is 5.92 Å². The summed E-state index contributed by atoms with van der Waals surface area (Å²) in [5.41, 5.74) is 1.05. The van der Waals surface area contributed by atoms with E-state index >= 15 is 0 Å². The fourth-order valence-corrected chi connectivity index (χ4v) is 1.80. The molecule has 3 N–H and O–H groups in total. The summed E-state index contributed by atoms with van der Waals surface area (Å²) in [4.78, 5) is 12.0. The highest BCUT2D eigenvalue weighted by atomic mass is 16.3. The van der Waals surface area contributed by atoms with Gasteiger partial charge in [-0.05, 0) is 19.8 Å². The zero-order valence-corrected chi connectivity index (χ0v) is 11.5. The van der Waals surface area contributed by atoms with Gasteiger partial charge < -0.3 is 15.3 Å². The largest absolute Gasteiger partial charge is 0.507 e. The van der Waals surface area contributed by atoms with E-state index < -0.39 is 5.75 Å². The van der Waals surface area contributed by atoms with Crippen molar-refractivity contribution in [3.8, 4) is 17.2 Å². The third-order valence-electron chi connectivity index (χ3n) is 2.93. The maximum atomic E-state index is 12.0. The van der Waals surface area contributed by atoms with Gasteiger partial charge in [0.15, 0.2) is 5.78 Å². The van der Waals surface area contributed by atoms with Crippen molar-refractivity contribution in [3.63, 3.8) is 0 Å². The van der Waals surface area contributed by atoms with Crippen LogP contribution in [0.1, 0.15) is 43.1 Å². The van der Waals surface area contributed by atoms with Gasteiger partial charge >= 0.3 is 0 Å². The average molecular weight is 264 g/mol. The fourth-order valence-electron chi connectivity index (χ4n) is 1.80. The van der Waals surface area contributed by atoms with Crippen molar-refractivity contribution in [1.82, 2.24) is 0 Å². The Bertz CT molecular complexity index is 515. The van der Waals surface area contributed by atoms with Crippen molar-refractivity contribution in [2.45, 2.75) is 33.6 Å². The Morgan fingerprint density at radius 2 is 1.84 bits per heavy atom. The fraction of sp³-hybridized carbons (Fsp3) is 0.400. The topological polar surface area (TPSA) is 77.8 Å². The predicted octanol–water partition coefficient (Wildman–Crippen LogP) is 3.15. The summed E-state index contributed by atoms with van der Waals surface area (Å²) in [6.07, 6.45) is 0.951. The summed E-state index contributed by atoms with van der Waals surface area (Å²) in [6.45, 7) is 8.96. The maximum absolute atomic E-state index is 12.0. The minimum atomic E-state index is -0.396. The molecule has 4 heteroatoms. The zero-order chi connectivity index (χ0) is 14.7. The SMILES string of the molecule is C=C(C)CCc1c(O)cc(O)c(C(=O)C(C)C)c1O. The van der Waals surface area contributed by atoms with Gasteiger partial charge in [-0.2, -0.15) is 0 Å². The van der Waals surface area contributed by atoms with Crippen LogP contribution >= 0.6 is 0 Å². The van der Waals surface area contributed by atoms with Crippen LogP contribution in [0.4, 0.5) is 0 Å². The number of rotatable bonds is 5. The Morgan fingerprint density at radius 3 is 2.32 bits per heavy atom. The van der Waals surface area contributed by atoms with Crippen molar-refractivity contribution in [3.05, 3.63) is 29.3 Å². The van der Waals surface area contributed by atoms with E-state index in [4.69, 9.17) is 0 Å². The number of ketones is 1. The van der Waals surface area contributed by atoms with Crippen LogP contribution in [-0.4, -0.2) is 21.1 Å². The first-order valence-corrected chi connectivity index (χ1v) is 6.21. The molecule has 19 heavy (non-hydrogen) atoms. The highest BCUT2D eigenvalue weighted by Gasteiger charge is 2.24. The van der Waals surface area contributed by atoms with Crippen LogP contribution in [0.25, 0.3) is 0 Å². The summed E-state index contributed by atoms with van der Waals surface area (Å²) in [5, 5.41) is 29.6. The molecule has 0 unspecified atom stereocenters. The third kappa shape index (κ3) is 3.28. The molecule has 0 saturated heterocycles. The Kier molecular flexibility index (Phi) is 4.59. The second-order valence-corrected chi connectivity index (χ2v) is 5.09. The Balaban J connectivity index is 3.30. The number of phenols is 3. The lowest BCUT2D eigenvalue weighted by atomic mass is 9.94. The second kappa shape index (κ2) is 5.78. The lowest BCUT2D eigenvalue weighted by Crippen LogP contribution is -2.09. The highest BCUT2D eigenvalue weighted by Crippen LogP contribution is 2.39. The molecule has 0 aliphatic heterocycles. The molecule has 0 bridgehead atoms. The molecule has 0 fully saturated rings. The van der Waals surface area contributed by atoms with Crippen LogP contribution in [0.2, 0.25) is 0 Å². The third-order valence-corrected chi connectivity index (χ3v) is 2.93. The molecule has 0 aliphatic carbocycles. The summed E-state index contributed by atoms with van der Waals surface area (Å²) in [5.74, 6) is -1.65. The summed E-state index contributed by atoms with van der Waals surface area (Å²) >= 11 is 0. The van der Waals surface area contributed by atoms with Gasteiger partial charge in [-0.15, -0.1) is 6.58 Å². The van der Waals surface area contributed by atoms with Crippen LogP contribution in [0.15, 0.2) is 18.2 Å². The van der Waals surface area contributed by atoms with E-state index in [2.05, 4.69) is 6.58 Å². The number of hydrogen-bond donors (Lipinski definition) is 3. The average Bonchev–Trinajstić information content (AvgIpc) is 2.27. The maximum Gasteiger partial charge on any atom is 0.172 e. The van der Waals surface area contributed by atoms with E-state index in [-0.39, 0.29) is 34.3 Å². The summed E-state index contributed by atoms with van der Waals surface area (Å²) in [7, 11) is 0.